The number of anilines is 3. The Morgan fingerprint density at radius 2 is 1.82 bits per heavy atom. The van der Waals surface area contributed by atoms with Gasteiger partial charge in [-0.1, -0.05) is 36.0 Å². The molecular formula is C16H15N5S. The number of pyridine rings is 1. The summed E-state index contributed by atoms with van der Waals surface area (Å²) in [6.07, 6.45) is 3.29. The highest BCUT2D eigenvalue weighted by atomic mass is 32.2. The lowest BCUT2D eigenvalue weighted by molar-refractivity contribution is 1.06. The lowest BCUT2D eigenvalue weighted by Crippen LogP contribution is -2.03. The molecule has 5 nitrogen and oxygen atoms in total. The zero-order valence-corrected chi connectivity index (χ0v) is 12.8. The van der Waals surface area contributed by atoms with Crippen molar-refractivity contribution >= 4 is 29.1 Å². The Morgan fingerprint density at radius 3 is 2.55 bits per heavy atom. The van der Waals surface area contributed by atoms with Crippen molar-refractivity contribution in [2.45, 2.75) is 16.8 Å². The Bertz CT molecular complexity index is 759. The highest BCUT2D eigenvalue weighted by molar-refractivity contribution is 7.99. The van der Waals surface area contributed by atoms with E-state index in [1.807, 2.05) is 49.4 Å². The van der Waals surface area contributed by atoms with Gasteiger partial charge in [0.1, 0.15) is 22.9 Å². The summed E-state index contributed by atoms with van der Waals surface area (Å²) in [5, 5.41) is 3.84. The molecular weight excluding hydrogens is 294 g/mol. The van der Waals surface area contributed by atoms with Gasteiger partial charge >= 0.3 is 0 Å². The average Bonchev–Trinajstić information content (AvgIpc) is 2.54. The smallest absolute Gasteiger partial charge is 0.159 e. The van der Waals surface area contributed by atoms with Gasteiger partial charge in [0.05, 0.1) is 0 Å². The van der Waals surface area contributed by atoms with Crippen molar-refractivity contribution in [2.75, 3.05) is 11.1 Å². The molecule has 0 atom stereocenters. The molecule has 0 saturated carbocycles. The minimum Gasteiger partial charge on any atom is -0.394 e. The Hall–Kier alpha value is -2.60. The number of rotatable bonds is 4. The van der Waals surface area contributed by atoms with E-state index < -0.39 is 0 Å². The van der Waals surface area contributed by atoms with Gasteiger partial charge in [-0.05, 0) is 30.7 Å². The fourth-order valence-electron chi connectivity index (χ4n) is 1.82. The molecule has 1 aromatic carbocycles. The molecule has 0 unspecified atom stereocenters. The van der Waals surface area contributed by atoms with E-state index in [9.17, 15) is 0 Å². The molecule has 3 N–H and O–H groups in total. The van der Waals surface area contributed by atoms with E-state index in [0.717, 1.165) is 15.5 Å². The van der Waals surface area contributed by atoms with Gasteiger partial charge in [0.2, 0.25) is 0 Å². The molecule has 0 fully saturated rings. The van der Waals surface area contributed by atoms with Crippen LogP contribution in [0, 0.1) is 6.92 Å². The zero-order chi connectivity index (χ0) is 15.4. The minimum absolute atomic E-state index is 0.513. The molecule has 0 aliphatic carbocycles. The first-order valence-electron chi connectivity index (χ1n) is 6.75. The van der Waals surface area contributed by atoms with Crippen LogP contribution in [0.25, 0.3) is 0 Å². The molecule has 0 amide bonds. The van der Waals surface area contributed by atoms with E-state index in [-0.39, 0.29) is 0 Å². The first-order chi connectivity index (χ1) is 10.7. The van der Waals surface area contributed by atoms with Gasteiger partial charge in [-0.25, -0.2) is 15.0 Å². The predicted molar refractivity (Wildman–Crippen MR) is 89.3 cm³/mol. The summed E-state index contributed by atoms with van der Waals surface area (Å²) < 4.78 is 0. The van der Waals surface area contributed by atoms with Gasteiger partial charge in [0, 0.05) is 11.1 Å². The molecule has 0 aliphatic rings. The van der Waals surface area contributed by atoms with Crippen LogP contribution < -0.4 is 11.1 Å². The number of nitrogens with two attached hydrogens (primary N) is 1. The van der Waals surface area contributed by atoms with Crippen LogP contribution in [0.2, 0.25) is 0 Å². The molecule has 3 rings (SSSR count). The highest BCUT2D eigenvalue weighted by Gasteiger charge is 2.10. The summed E-state index contributed by atoms with van der Waals surface area (Å²) in [5.74, 6) is 1.26. The third-order valence-corrected chi connectivity index (χ3v) is 3.99. The van der Waals surface area contributed by atoms with Gasteiger partial charge in [-0.2, -0.15) is 0 Å². The molecule has 3 aromatic rings. The van der Waals surface area contributed by atoms with Gasteiger partial charge in [-0.3, -0.25) is 0 Å². The topological polar surface area (TPSA) is 76.7 Å². The van der Waals surface area contributed by atoms with E-state index >= 15 is 0 Å². The van der Waals surface area contributed by atoms with E-state index in [4.69, 9.17) is 5.73 Å². The van der Waals surface area contributed by atoms with E-state index in [0.29, 0.717) is 17.3 Å². The second kappa shape index (κ2) is 6.44. The second-order valence-corrected chi connectivity index (χ2v) is 5.76. The molecule has 0 radical (unpaired) electrons. The second-order valence-electron chi connectivity index (χ2n) is 4.70. The summed E-state index contributed by atoms with van der Waals surface area (Å²) in [4.78, 5) is 13.8. The number of hydrogen-bond acceptors (Lipinski definition) is 6. The molecule has 22 heavy (non-hydrogen) atoms. The lowest BCUT2D eigenvalue weighted by Gasteiger charge is -2.10. The number of nitrogens with zero attached hydrogens (tertiary/aromatic N) is 3. The molecule has 0 saturated heterocycles. The lowest BCUT2D eigenvalue weighted by atomic mass is 10.3. The quantitative estimate of drug-likeness (QED) is 0.716. The number of nitrogen functional groups attached to an aromatic ring is 1. The van der Waals surface area contributed by atoms with Crippen molar-refractivity contribution in [2.24, 2.45) is 0 Å². The SMILES string of the molecule is Cc1ccc(Nc2ncnc(Sc3ccccc3)c2N)nc1. The molecule has 6 heteroatoms. The molecule has 2 heterocycles. The summed E-state index contributed by atoms with van der Waals surface area (Å²) in [5.41, 5.74) is 7.78. The predicted octanol–water partition coefficient (Wildman–Crippen LogP) is 3.66. The number of benzene rings is 1. The van der Waals surface area contributed by atoms with Crippen LogP contribution in [-0.2, 0) is 0 Å². The summed E-state index contributed by atoms with van der Waals surface area (Å²) in [7, 11) is 0. The van der Waals surface area contributed by atoms with Crippen LogP contribution in [0.15, 0.2) is 64.9 Å². The van der Waals surface area contributed by atoms with Crippen LogP contribution in [0.1, 0.15) is 5.56 Å². The van der Waals surface area contributed by atoms with E-state index in [1.54, 1.807) is 6.20 Å². The van der Waals surface area contributed by atoms with Crippen molar-refractivity contribution in [3.63, 3.8) is 0 Å². The normalized spacial score (nSPS) is 10.4. The van der Waals surface area contributed by atoms with Crippen LogP contribution in [-0.4, -0.2) is 15.0 Å². The standard InChI is InChI=1S/C16H15N5S/c1-11-7-8-13(18-9-11)21-15-14(17)16(20-10-19-15)22-12-5-3-2-4-6-12/h2-10H,17H2,1H3,(H,18,19,20,21). The Kier molecular flexibility index (Phi) is 4.20. The third kappa shape index (κ3) is 3.35. The monoisotopic (exact) mass is 309 g/mol. The van der Waals surface area contributed by atoms with Crippen LogP contribution in [0.5, 0.6) is 0 Å². The molecule has 2 aromatic heterocycles. The first-order valence-corrected chi connectivity index (χ1v) is 7.57. The number of hydrogen-bond donors (Lipinski definition) is 2. The first kappa shape index (κ1) is 14.3. The van der Waals surface area contributed by atoms with Crippen molar-refractivity contribution < 1.29 is 0 Å². The molecule has 0 bridgehead atoms. The van der Waals surface area contributed by atoms with Crippen molar-refractivity contribution in [3.8, 4) is 0 Å². The van der Waals surface area contributed by atoms with Crippen molar-refractivity contribution in [3.05, 3.63) is 60.6 Å². The third-order valence-electron chi connectivity index (χ3n) is 2.96. The summed E-state index contributed by atoms with van der Waals surface area (Å²) >= 11 is 1.50. The molecule has 110 valence electrons. The fourth-order valence-corrected chi connectivity index (χ4v) is 2.65. The molecule has 0 spiro atoms. The van der Waals surface area contributed by atoms with Gasteiger partial charge in [-0.15, -0.1) is 0 Å². The van der Waals surface area contributed by atoms with Gasteiger partial charge in [0.15, 0.2) is 5.82 Å². The fraction of sp³-hybridized carbons (Fsp3) is 0.0625. The largest absolute Gasteiger partial charge is 0.394 e. The minimum atomic E-state index is 0.513. The Balaban J connectivity index is 1.84. The van der Waals surface area contributed by atoms with Crippen molar-refractivity contribution in [1.29, 1.82) is 0 Å². The average molecular weight is 309 g/mol. The number of nitrogens with one attached hydrogen (secondary N) is 1. The zero-order valence-electron chi connectivity index (χ0n) is 12.0. The maximum absolute atomic E-state index is 6.17. The van der Waals surface area contributed by atoms with Crippen LogP contribution >= 0.6 is 11.8 Å². The van der Waals surface area contributed by atoms with Gasteiger partial charge < -0.3 is 11.1 Å². The van der Waals surface area contributed by atoms with Crippen molar-refractivity contribution in [1.82, 2.24) is 15.0 Å². The van der Waals surface area contributed by atoms with Crippen LogP contribution in [0.4, 0.5) is 17.3 Å². The summed E-state index contributed by atoms with van der Waals surface area (Å²) in [6.45, 7) is 1.99. The Morgan fingerprint density at radius 1 is 1.00 bits per heavy atom. The maximum atomic E-state index is 6.17. The highest BCUT2D eigenvalue weighted by Crippen LogP contribution is 2.33. The molecule has 0 aliphatic heterocycles. The summed E-state index contributed by atoms with van der Waals surface area (Å²) in [6, 6.07) is 13.8. The van der Waals surface area contributed by atoms with E-state index in [2.05, 4.69) is 20.3 Å². The number of aryl methyl sites for hydroxylation is 1. The van der Waals surface area contributed by atoms with E-state index in [1.165, 1.54) is 18.1 Å². The number of aromatic nitrogens is 3. The maximum Gasteiger partial charge on any atom is 0.159 e. The van der Waals surface area contributed by atoms with Crippen LogP contribution in [0.3, 0.4) is 0 Å². The van der Waals surface area contributed by atoms with Gasteiger partial charge in [0.25, 0.3) is 0 Å². The Labute approximate surface area is 133 Å².